The predicted molar refractivity (Wildman–Crippen MR) is 293 cm³/mol. The van der Waals surface area contributed by atoms with E-state index in [9.17, 15) is 14.4 Å². The lowest BCUT2D eigenvalue weighted by Gasteiger charge is -2.18. The van der Waals surface area contributed by atoms with E-state index in [0.29, 0.717) is 19.3 Å². The van der Waals surface area contributed by atoms with Gasteiger partial charge in [-0.15, -0.1) is 0 Å². The molecule has 0 aliphatic heterocycles. The van der Waals surface area contributed by atoms with Gasteiger partial charge in [0.05, 0.1) is 0 Å². The molecule has 6 heteroatoms. The molecular weight excluding hydrogens is 841 g/mol. The summed E-state index contributed by atoms with van der Waals surface area (Å²) >= 11 is 0. The van der Waals surface area contributed by atoms with E-state index in [1.54, 1.807) is 0 Å². The lowest BCUT2D eigenvalue weighted by molar-refractivity contribution is -0.167. The Morgan fingerprint density at radius 2 is 0.529 bits per heavy atom. The fraction of sp³-hybridized carbons (Fsp3) is 0.726. The molecule has 6 nitrogen and oxygen atoms in total. The van der Waals surface area contributed by atoms with Crippen LogP contribution in [-0.2, 0) is 28.6 Å². The summed E-state index contributed by atoms with van der Waals surface area (Å²) in [6.07, 6.45) is 72.8. The number of hydrogen-bond acceptors (Lipinski definition) is 6. The predicted octanol–water partition coefficient (Wildman–Crippen LogP) is 19.2. The summed E-state index contributed by atoms with van der Waals surface area (Å²) in [7, 11) is 0. The highest BCUT2D eigenvalue weighted by molar-refractivity contribution is 5.71. The maximum absolute atomic E-state index is 12.9. The van der Waals surface area contributed by atoms with Crippen LogP contribution in [-0.4, -0.2) is 37.2 Å². The van der Waals surface area contributed by atoms with Crippen LogP contribution >= 0.6 is 0 Å². The van der Waals surface area contributed by atoms with Crippen LogP contribution < -0.4 is 0 Å². The zero-order chi connectivity index (χ0) is 49.3. The van der Waals surface area contributed by atoms with Crippen molar-refractivity contribution in [2.24, 2.45) is 0 Å². The number of hydrogen-bond donors (Lipinski definition) is 0. The minimum absolute atomic E-state index is 0.0944. The summed E-state index contributed by atoms with van der Waals surface area (Å²) in [5.41, 5.74) is 0. The molecule has 0 unspecified atom stereocenters. The van der Waals surface area contributed by atoms with E-state index >= 15 is 0 Å². The summed E-state index contributed by atoms with van der Waals surface area (Å²) < 4.78 is 16.8. The molecule has 68 heavy (non-hydrogen) atoms. The number of unbranched alkanes of at least 4 members (excludes halogenated alkanes) is 26. The first-order valence-corrected chi connectivity index (χ1v) is 28.6. The number of carbonyl (C=O) groups excluding carboxylic acids is 3. The molecule has 0 N–H and O–H groups in total. The summed E-state index contributed by atoms with van der Waals surface area (Å²) in [4.78, 5) is 38.1. The van der Waals surface area contributed by atoms with Crippen molar-refractivity contribution in [3.63, 3.8) is 0 Å². The van der Waals surface area contributed by atoms with E-state index in [2.05, 4.69) is 106 Å². The molecule has 0 bridgehead atoms. The van der Waals surface area contributed by atoms with E-state index in [1.165, 1.54) is 128 Å². The van der Waals surface area contributed by atoms with Gasteiger partial charge in [-0.3, -0.25) is 14.4 Å². The molecule has 1 atom stereocenters. The van der Waals surface area contributed by atoms with Crippen LogP contribution in [0.5, 0.6) is 0 Å². The van der Waals surface area contributed by atoms with E-state index in [-0.39, 0.29) is 31.1 Å². The van der Waals surface area contributed by atoms with Crippen LogP contribution in [0.2, 0.25) is 0 Å². The van der Waals surface area contributed by atoms with E-state index in [4.69, 9.17) is 14.2 Å². The molecule has 0 rings (SSSR count). The van der Waals surface area contributed by atoms with E-state index < -0.39 is 6.10 Å². The molecule has 0 heterocycles. The minimum atomic E-state index is -0.798. The molecule has 0 fully saturated rings. The van der Waals surface area contributed by atoms with Gasteiger partial charge in [-0.1, -0.05) is 215 Å². The maximum atomic E-state index is 12.9. The second kappa shape index (κ2) is 56.2. The Balaban J connectivity index is 4.47. The lowest BCUT2D eigenvalue weighted by Crippen LogP contribution is -2.30. The molecule has 0 radical (unpaired) electrons. The molecule has 0 saturated heterocycles. The van der Waals surface area contributed by atoms with E-state index in [1.807, 2.05) is 0 Å². The summed E-state index contributed by atoms with van der Waals surface area (Å²) in [6.45, 7) is 6.54. The third kappa shape index (κ3) is 53.5. The number of allylic oxidation sites excluding steroid dienone is 14. The van der Waals surface area contributed by atoms with Gasteiger partial charge in [0.2, 0.25) is 0 Å². The molecule has 0 aromatic heterocycles. The topological polar surface area (TPSA) is 78.9 Å². The third-order valence-electron chi connectivity index (χ3n) is 12.1. The second-order valence-electron chi connectivity index (χ2n) is 18.8. The van der Waals surface area contributed by atoms with Gasteiger partial charge in [0.15, 0.2) is 6.10 Å². The SMILES string of the molecule is CCCCC/C=C\C/C=C\C/C=C\C/C=C\CCCCCC(=O)OC[C@@H](COC(=O)CCCCCCC/C=C\CCCCCCC)OC(=O)CCCCCCCCC/C=C\C/C=C\CCCCC. The van der Waals surface area contributed by atoms with Crippen LogP contribution in [0.3, 0.4) is 0 Å². The van der Waals surface area contributed by atoms with Crippen molar-refractivity contribution in [2.75, 3.05) is 13.2 Å². The average Bonchev–Trinajstić information content (AvgIpc) is 3.34. The van der Waals surface area contributed by atoms with Crippen molar-refractivity contribution < 1.29 is 28.6 Å². The van der Waals surface area contributed by atoms with Gasteiger partial charge in [0, 0.05) is 19.3 Å². The highest BCUT2D eigenvalue weighted by Gasteiger charge is 2.19. The Morgan fingerprint density at radius 3 is 0.882 bits per heavy atom. The zero-order valence-electron chi connectivity index (χ0n) is 44.6. The molecule has 390 valence electrons. The van der Waals surface area contributed by atoms with E-state index in [0.717, 1.165) is 103 Å². The van der Waals surface area contributed by atoms with Crippen LogP contribution in [0, 0.1) is 0 Å². The summed E-state index contributed by atoms with van der Waals surface area (Å²) in [6, 6.07) is 0. The van der Waals surface area contributed by atoms with Crippen molar-refractivity contribution in [3.05, 3.63) is 85.1 Å². The zero-order valence-corrected chi connectivity index (χ0v) is 44.6. The Hall–Kier alpha value is -3.41. The van der Waals surface area contributed by atoms with Gasteiger partial charge in [-0.05, 0) is 122 Å². The number of carbonyl (C=O) groups is 3. The van der Waals surface area contributed by atoms with Crippen LogP contribution in [0.1, 0.15) is 271 Å². The Labute approximate surface area is 420 Å². The van der Waals surface area contributed by atoms with Gasteiger partial charge in [0.1, 0.15) is 13.2 Å². The molecule has 0 amide bonds. The quantitative estimate of drug-likeness (QED) is 0.0262. The van der Waals surface area contributed by atoms with Crippen molar-refractivity contribution in [3.8, 4) is 0 Å². The van der Waals surface area contributed by atoms with Gasteiger partial charge in [-0.2, -0.15) is 0 Å². The average molecular weight is 948 g/mol. The molecule has 0 aliphatic carbocycles. The first-order chi connectivity index (χ1) is 33.5. The summed E-state index contributed by atoms with van der Waals surface area (Å²) in [5, 5.41) is 0. The summed E-state index contributed by atoms with van der Waals surface area (Å²) in [5.74, 6) is -0.938. The fourth-order valence-corrected chi connectivity index (χ4v) is 7.74. The standard InChI is InChI=1S/C62H106O6/c1-4-7-10-13-16-19-22-25-28-30-31-33-34-37-40-43-46-49-52-55-61(64)67-58-59(57-66-60(63)54-51-48-45-42-39-36-27-24-21-18-15-12-9-6-3)68-62(65)56-53-50-47-44-41-38-35-32-29-26-23-20-17-14-11-8-5-2/h16-17,19-20,24-29,31,33,37,40,59H,4-15,18,21-23,30,32,34-36,38-39,41-58H2,1-3H3/b19-16-,20-17-,27-24-,28-25-,29-26-,33-31-,40-37-/t59-/m1/s1. The lowest BCUT2D eigenvalue weighted by atomic mass is 10.1. The molecule has 0 aromatic rings. The van der Waals surface area contributed by atoms with Crippen LogP contribution in [0.15, 0.2) is 85.1 Å². The normalized spacial score (nSPS) is 12.7. The van der Waals surface area contributed by atoms with Crippen molar-refractivity contribution in [1.82, 2.24) is 0 Å². The largest absolute Gasteiger partial charge is 0.462 e. The van der Waals surface area contributed by atoms with Crippen LogP contribution in [0.4, 0.5) is 0 Å². The van der Waals surface area contributed by atoms with Crippen molar-refractivity contribution in [2.45, 2.75) is 277 Å². The first kappa shape index (κ1) is 64.6. The van der Waals surface area contributed by atoms with Crippen molar-refractivity contribution in [1.29, 1.82) is 0 Å². The number of esters is 3. The van der Waals surface area contributed by atoms with Gasteiger partial charge < -0.3 is 14.2 Å². The molecule has 0 spiro atoms. The highest BCUT2D eigenvalue weighted by Crippen LogP contribution is 2.14. The second-order valence-corrected chi connectivity index (χ2v) is 18.8. The Bertz CT molecular complexity index is 1320. The van der Waals surface area contributed by atoms with Gasteiger partial charge in [0.25, 0.3) is 0 Å². The van der Waals surface area contributed by atoms with Gasteiger partial charge in [-0.25, -0.2) is 0 Å². The molecular formula is C62H106O6. The number of ether oxygens (including phenoxy) is 3. The monoisotopic (exact) mass is 947 g/mol. The first-order valence-electron chi connectivity index (χ1n) is 28.6. The highest BCUT2D eigenvalue weighted by atomic mass is 16.6. The molecule has 0 saturated carbocycles. The Morgan fingerprint density at radius 1 is 0.294 bits per heavy atom. The Kier molecular flexibility index (Phi) is 53.4. The van der Waals surface area contributed by atoms with Crippen LogP contribution in [0.25, 0.3) is 0 Å². The maximum Gasteiger partial charge on any atom is 0.306 e. The molecule has 0 aliphatic rings. The van der Waals surface area contributed by atoms with Gasteiger partial charge >= 0.3 is 17.9 Å². The smallest absolute Gasteiger partial charge is 0.306 e. The third-order valence-corrected chi connectivity index (χ3v) is 12.1. The van der Waals surface area contributed by atoms with Crippen molar-refractivity contribution >= 4 is 17.9 Å². The fourth-order valence-electron chi connectivity index (χ4n) is 7.74. The molecule has 0 aromatic carbocycles. The number of rotatable bonds is 51. The minimum Gasteiger partial charge on any atom is -0.462 e.